The maximum atomic E-state index is 12.2. The zero-order valence-corrected chi connectivity index (χ0v) is 21.7. The fourth-order valence-corrected chi connectivity index (χ4v) is 4.52. The van der Waals surface area contributed by atoms with E-state index in [2.05, 4.69) is 15.5 Å². The Morgan fingerprint density at radius 1 is 1.03 bits per heavy atom. The number of nitrogens with one attached hydrogen (secondary N) is 2. The molecule has 34 heavy (non-hydrogen) atoms. The standard InChI is InChI=1S/C24H25Cl3N4O2S/c1-2-3-23(33)31-12-10-30(11-13-31)21-8-7-18(15-20(21)27)28-24(34)29-22(32)9-5-16-4-6-17(25)14-19(16)26/h4-9,14-15H,2-3,10-13H2,1H3,(H2,28,29,32,34)/b9-5+. The predicted octanol–water partition coefficient (Wildman–Crippen LogP) is 5.62. The second-order valence-corrected chi connectivity index (χ2v) is 9.39. The van der Waals surface area contributed by atoms with Crippen LogP contribution in [0.5, 0.6) is 0 Å². The smallest absolute Gasteiger partial charge is 0.250 e. The minimum Gasteiger partial charge on any atom is -0.367 e. The van der Waals surface area contributed by atoms with E-state index in [0.717, 1.165) is 25.2 Å². The molecule has 1 saturated heterocycles. The molecule has 3 rings (SSSR count). The van der Waals surface area contributed by atoms with Crippen LogP contribution in [0.25, 0.3) is 6.08 Å². The Morgan fingerprint density at radius 3 is 2.41 bits per heavy atom. The van der Waals surface area contributed by atoms with E-state index in [1.54, 1.807) is 30.3 Å². The zero-order valence-electron chi connectivity index (χ0n) is 18.6. The molecule has 0 radical (unpaired) electrons. The highest BCUT2D eigenvalue weighted by molar-refractivity contribution is 7.80. The van der Waals surface area contributed by atoms with Crippen LogP contribution in [0, 0.1) is 0 Å². The van der Waals surface area contributed by atoms with Crippen LogP contribution in [-0.2, 0) is 9.59 Å². The van der Waals surface area contributed by atoms with Gasteiger partial charge in [0.05, 0.1) is 10.7 Å². The molecule has 0 unspecified atom stereocenters. The molecule has 0 saturated carbocycles. The topological polar surface area (TPSA) is 64.7 Å². The summed E-state index contributed by atoms with van der Waals surface area (Å²) in [4.78, 5) is 28.3. The molecule has 1 aliphatic heterocycles. The van der Waals surface area contributed by atoms with Gasteiger partial charge >= 0.3 is 0 Å². The van der Waals surface area contributed by atoms with Crippen LogP contribution in [0.3, 0.4) is 0 Å². The Balaban J connectivity index is 1.53. The summed E-state index contributed by atoms with van der Waals surface area (Å²) in [6.45, 7) is 4.82. The highest BCUT2D eigenvalue weighted by Crippen LogP contribution is 2.30. The van der Waals surface area contributed by atoms with Gasteiger partial charge in [0.2, 0.25) is 11.8 Å². The van der Waals surface area contributed by atoms with Gasteiger partial charge in [0.1, 0.15) is 0 Å². The lowest BCUT2D eigenvalue weighted by molar-refractivity contribution is -0.131. The Kier molecular flexibility index (Phi) is 9.59. The van der Waals surface area contributed by atoms with Crippen molar-refractivity contribution in [3.05, 3.63) is 63.1 Å². The monoisotopic (exact) mass is 538 g/mol. The van der Waals surface area contributed by atoms with E-state index >= 15 is 0 Å². The first-order valence-corrected chi connectivity index (χ1v) is 12.4. The molecule has 1 aliphatic rings. The van der Waals surface area contributed by atoms with Crippen LogP contribution in [0.4, 0.5) is 11.4 Å². The molecule has 0 bridgehead atoms. The van der Waals surface area contributed by atoms with Crippen molar-refractivity contribution < 1.29 is 9.59 Å². The van der Waals surface area contributed by atoms with Crippen LogP contribution in [0.15, 0.2) is 42.5 Å². The third kappa shape index (κ3) is 7.34. The summed E-state index contributed by atoms with van der Waals surface area (Å²) in [5.74, 6) is -0.198. The van der Waals surface area contributed by atoms with Crippen LogP contribution in [0.2, 0.25) is 15.1 Å². The third-order valence-electron chi connectivity index (χ3n) is 5.26. The molecule has 180 valence electrons. The molecular weight excluding hydrogens is 515 g/mol. The van der Waals surface area contributed by atoms with E-state index in [9.17, 15) is 9.59 Å². The van der Waals surface area contributed by atoms with Gasteiger partial charge in [0, 0.05) is 54.4 Å². The lowest BCUT2D eigenvalue weighted by Gasteiger charge is -2.36. The lowest BCUT2D eigenvalue weighted by Crippen LogP contribution is -2.48. The highest BCUT2D eigenvalue weighted by Gasteiger charge is 2.22. The second kappa shape index (κ2) is 12.4. The van der Waals surface area contributed by atoms with E-state index in [-0.39, 0.29) is 11.0 Å². The van der Waals surface area contributed by atoms with Crippen molar-refractivity contribution in [3.8, 4) is 0 Å². The van der Waals surface area contributed by atoms with Gasteiger partial charge in [-0.15, -0.1) is 0 Å². The molecule has 1 fully saturated rings. The van der Waals surface area contributed by atoms with Gasteiger partial charge in [-0.25, -0.2) is 0 Å². The van der Waals surface area contributed by atoms with Crippen molar-refractivity contribution in [3.63, 3.8) is 0 Å². The number of rotatable bonds is 6. The van der Waals surface area contributed by atoms with Crippen molar-refractivity contribution in [1.82, 2.24) is 10.2 Å². The number of nitrogens with zero attached hydrogens (tertiary/aromatic N) is 2. The van der Waals surface area contributed by atoms with Gasteiger partial charge in [0.25, 0.3) is 0 Å². The Morgan fingerprint density at radius 2 is 1.76 bits per heavy atom. The lowest BCUT2D eigenvalue weighted by atomic mass is 10.2. The van der Waals surface area contributed by atoms with Gasteiger partial charge in [-0.05, 0) is 60.6 Å². The van der Waals surface area contributed by atoms with Gasteiger partial charge in [-0.1, -0.05) is 47.8 Å². The number of carbonyl (C=O) groups excluding carboxylic acids is 2. The normalized spacial score (nSPS) is 13.8. The number of carbonyl (C=O) groups is 2. The minimum atomic E-state index is -0.401. The van der Waals surface area contributed by atoms with Crippen molar-refractivity contribution in [2.24, 2.45) is 0 Å². The average molecular weight is 540 g/mol. The molecule has 0 spiro atoms. The number of hydrogen-bond donors (Lipinski definition) is 2. The summed E-state index contributed by atoms with van der Waals surface area (Å²) in [6, 6.07) is 10.5. The molecule has 10 heteroatoms. The Hall–Kier alpha value is -2.32. The first-order valence-electron chi connectivity index (χ1n) is 10.8. The van der Waals surface area contributed by atoms with E-state index in [1.807, 2.05) is 24.0 Å². The van der Waals surface area contributed by atoms with Crippen molar-refractivity contribution in [2.75, 3.05) is 36.4 Å². The van der Waals surface area contributed by atoms with E-state index in [1.165, 1.54) is 6.08 Å². The molecular formula is C24H25Cl3N4O2S. The van der Waals surface area contributed by atoms with Crippen LogP contribution >= 0.6 is 47.0 Å². The van der Waals surface area contributed by atoms with Gasteiger partial charge in [-0.3, -0.25) is 14.9 Å². The molecule has 6 nitrogen and oxygen atoms in total. The molecule has 2 aromatic rings. The molecule has 0 aromatic heterocycles. The largest absolute Gasteiger partial charge is 0.367 e. The summed E-state index contributed by atoms with van der Waals surface area (Å²) < 4.78 is 0. The predicted molar refractivity (Wildman–Crippen MR) is 145 cm³/mol. The fourth-order valence-electron chi connectivity index (χ4n) is 3.53. The molecule has 1 heterocycles. The van der Waals surface area contributed by atoms with E-state index < -0.39 is 5.91 Å². The zero-order chi connectivity index (χ0) is 24.7. The molecule has 0 atom stereocenters. The number of piperazine rings is 1. The number of hydrogen-bond acceptors (Lipinski definition) is 4. The number of halogens is 3. The van der Waals surface area contributed by atoms with Crippen LogP contribution < -0.4 is 15.5 Å². The minimum absolute atomic E-state index is 0.142. The highest BCUT2D eigenvalue weighted by atomic mass is 35.5. The average Bonchev–Trinajstić information content (AvgIpc) is 2.79. The Labute approximate surface area is 219 Å². The SMILES string of the molecule is CCCC(=O)N1CCN(c2ccc(NC(=S)NC(=O)/C=C/c3ccc(Cl)cc3Cl)cc2Cl)CC1. The van der Waals surface area contributed by atoms with Crippen molar-refractivity contribution >= 4 is 81.4 Å². The maximum absolute atomic E-state index is 12.2. The number of benzene rings is 2. The second-order valence-electron chi connectivity index (χ2n) is 7.73. The van der Waals surface area contributed by atoms with Gasteiger partial charge < -0.3 is 15.1 Å². The Bertz CT molecular complexity index is 1100. The fraction of sp³-hybridized carbons (Fsp3) is 0.292. The van der Waals surface area contributed by atoms with Gasteiger partial charge in [-0.2, -0.15) is 0 Å². The number of thiocarbonyl (C=S) groups is 1. The van der Waals surface area contributed by atoms with E-state index in [4.69, 9.17) is 47.0 Å². The summed E-state index contributed by atoms with van der Waals surface area (Å²) in [6.07, 6.45) is 4.36. The number of amides is 2. The molecule has 2 aromatic carbocycles. The van der Waals surface area contributed by atoms with Crippen molar-refractivity contribution in [2.45, 2.75) is 19.8 Å². The van der Waals surface area contributed by atoms with Crippen molar-refractivity contribution in [1.29, 1.82) is 0 Å². The molecule has 2 amide bonds. The number of anilines is 2. The van der Waals surface area contributed by atoms with Gasteiger partial charge in [0.15, 0.2) is 5.11 Å². The summed E-state index contributed by atoms with van der Waals surface area (Å²) in [5.41, 5.74) is 2.21. The maximum Gasteiger partial charge on any atom is 0.250 e. The first kappa shape index (κ1) is 26.3. The van der Waals surface area contributed by atoms with Crippen LogP contribution in [0.1, 0.15) is 25.3 Å². The van der Waals surface area contributed by atoms with E-state index in [0.29, 0.717) is 45.8 Å². The molecule has 0 aliphatic carbocycles. The molecule has 2 N–H and O–H groups in total. The van der Waals surface area contributed by atoms with Crippen LogP contribution in [-0.4, -0.2) is 48.0 Å². The first-order chi connectivity index (χ1) is 16.3. The summed E-state index contributed by atoms with van der Waals surface area (Å²) >= 11 is 23.7. The third-order valence-corrected chi connectivity index (χ3v) is 6.33. The quantitative estimate of drug-likeness (QED) is 0.368. The summed E-state index contributed by atoms with van der Waals surface area (Å²) in [5, 5.41) is 7.22. The summed E-state index contributed by atoms with van der Waals surface area (Å²) in [7, 11) is 0.